The number of amides is 9. The van der Waals surface area contributed by atoms with Crippen molar-refractivity contribution in [3.63, 3.8) is 0 Å². The number of para-hydroxylation sites is 4. The molecule has 6 heterocycles. The average molecular weight is 1370 g/mol. The lowest BCUT2D eigenvalue weighted by atomic mass is 9.86. The highest BCUT2D eigenvalue weighted by molar-refractivity contribution is 8.19. The van der Waals surface area contributed by atoms with Crippen molar-refractivity contribution in [1.29, 1.82) is 0 Å². The maximum atomic E-state index is 13.4. The summed E-state index contributed by atoms with van der Waals surface area (Å²) in [5, 5.41) is 27.1. The first kappa shape index (κ1) is 68.1. The van der Waals surface area contributed by atoms with Gasteiger partial charge in [0.25, 0.3) is 51.2 Å². The number of ether oxygens (including phenoxy) is 2. The van der Waals surface area contributed by atoms with Crippen LogP contribution < -0.4 is 24.2 Å². The molecule has 7 aliphatic rings. The van der Waals surface area contributed by atoms with E-state index in [0.717, 1.165) is 46.7 Å². The van der Waals surface area contributed by atoms with E-state index >= 15 is 0 Å². The number of benzene rings is 6. The molecular weight excluding hydrogens is 1310 g/mol. The van der Waals surface area contributed by atoms with Crippen molar-refractivity contribution in [2.24, 2.45) is 5.92 Å². The third kappa shape index (κ3) is 15.1. The zero-order valence-corrected chi connectivity index (χ0v) is 54.6. The van der Waals surface area contributed by atoms with E-state index in [-0.39, 0.29) is 43.2 Å². The van der Waals surface area contributed by atoms with Gasteiger partial charge in [-0.1, -0.05) is 148 Å². The van der Waals surface area contributed by atoms with E-state index in [1.54, 1.807) is 75.4 Å². The first-order valence-electron chi connectivity index (χ1n) is 31.4. The molecule has 1 saturated carbocycles. The second kappa shape index (κ2) is 30.6. The van der Waals surface area contributed by atoms with E-state index in [9.17, 15) is 57.5 Å². The second-order valence-electron chi connectivity index (χ2n) is 23.2. The van der Waals surface area contributed by atoms with E-state index in [1.165, 1.54) is 38.5 Å². The third-order valence-electron chi connectivity index (χ3n) is 16.9. The molecule has 0 bridgehead atoms. The second-order valence-corrected chi connectivity index (χ2v) is 26.1. The van der Waals surface area contributed by atoms with Gasteiger partial charge in [0, 0.05) is 36.3 Å². The fourth-order valence-corrected chi connectivity index (χ4v) is 15.2. The molecule has 23 nitrogen and oxygen atoms in total. The topological polar surface area (TPSA) is 303 Å². The Morgan fingerprint density at radius 1 is 0.381 bits per heavy atom. The smallest absolute Gasteiger partial charge is 0.323 e. The molecule has 97 heavy (non-hydrogen) atoms. The molecule has 4 fully saturated rings. The number of hydrogen-bond donors (Lipinski definition) is 3. The van der Waals surface area contributed by atoms with Crippen molar-refractivity contribution in [3.05, 3.63) is 177 Å². The van der Waals surface area contributed by atoms with Gasteiger partial charge in [-0.05, 0) is 114 Å². The predicted octanol–water partition coefficient (Wildman–Crippen LogP) is 11.4. The molecule has 498 valence electrons. The number of carboxylic acid groups (broad SMARTS) is 3. The van der Waals surface area contributed by atoms with Crippen LogP contribution in [0.4, 0.5) is 31.4 Å². The molecule has 0 atom stereocenters. The molecule has 6 aromatic carbocycles. The summed E-state index contributed by atoms with van der Waals surface area (Å²) in [6, 6.07) is 44.6. The van der Waals surface area contributed by atoms with Crippen molar-refractivity contribution in [3.8, 4) is 11.5 Å². The maximum absolute atomic E-state index is 13.4. The maximum Gasteiger partial charge on any atom is 0.323 e. The Bertz CT molecular complexity index is 4320. The van der Waals surface area contributed by atoms with Gasteiger partial charge in [-0.3, -0.25) is 72.2 Å². The first-order valence-corrected chi connectivity index (χ1v) is 33.9. The molecule has 6 aromatic rings. The summed E-state index contributed by atoms with van der Waals surface area (Å²) in [6.07, 6.45) is 10.8. The van der Waals surface area contributed by atoms with Crippen molar-refractivity contribution in [2.45, 2.75) is 64.2 Å². The number of anilines is 3. The lowest BCUT2D eigenvalue weighted by Crippen LogP contribution is -2.34. The number of rotatable bonds is 21. The van der Waals surface area contributed by atoms with Crippen molar-refractivity contribution >= 4 is 149 Å². The van der Waals surface area contributed by atoms with Crippen LogP contribution in [0.15, 0.2) is 160 Å². The Labute approximate surface area is 568 Å². The molecule has 0 spiro atoms. The molecule has 3 saturated heterocycles. The minimum Gasteiger partial charge on any atom is -0.494 e. The van der Waals surface area contributed by atoms with Crippen LogP contribution in [0, 0.1) is 5.92 Å². The van der Waals surface area contributed by atoms with Crippen molar-refractivity contribution < 1.29 is 82.3 Å². The number of fused-ring (bicyclic) bond motifs is 4. The fourth-order valence-electron chi connectivity index (χ4n) is 12.4. The zero-order chi connectivity index (χ0) is 68.4. The van der Waals surface area contributed by atoms with Gasteiger partial charge in [0.2, 0.25) is 0 Å². The highest BCUT2D eigenvalue weighted by Gasteiger charge is 2.47. The Hall–Kier alpha value is -10.3. The molecular formula is C71H64N6O17S3. The van der Waals surface area contributed by atoms with E-state index in [1.807, 2.05) is 84.9 Å². The molecule has 3 N–H and O–H groups in total. The van der Waals surface area contributed by atoms with Gasteiger partial charge < -0.3 is 39.5 Å². The number of carbonyl (C=O) groups excluding carboxylic acids is 9. The van der Waals surface area contributed by atoms with Crippen LogP contribution >= 0.6 is 35.3 Å². The standard InChI is InChI=1S/C26H20N2O6S.C23H26N2O5S.C22H18N2O6S/c29-21(30)15-28-25(32)23(35-26(28)33)22-19-8-3-4-9-20(19)27(24(22)31)12-5-13-34-18-11-10-16-6-1-2-7-17(16)14-18;26-18(27)14-25-22(29)20(31-23(25)30)19-16-11-4-5-12-17(16)24(21(19)28)13-7-6-10-15-8-2-1-3-9-15;25-17(26)13-24-21(28)19(31-22(24)29)18-15-9-4-5-10-16(15)23(20(18)27)11-6-12-30-14-7-2-1-3-8-14/h1-4,6-11,14H,5,12-13,15H2,(H,29,30);4-5,11-12,15H,1-3,6-10,13-14H2,(H,26,27);1-5,7-10H,6,11-13H2,(H,25,26)/b23-22-;20-19-;19-18-. The van der Waals surface area contributed by atoms with Gasteiger partial charge in [-0.25, -0.2) is 0 Å². The van der Waals surface area contributed by atoms with Gasteiger partial charge in [-0.15, -0.1) is 0 Å². The van der Waals surface area contributed by atoms with Gasteiger partial charge in [-0.2, -0.15) is 0 Å². The number of carbonyl (C=O) groups is 12. The summed E-state index contributed by atoms with van der Waals surface area (Å²) in [5.41, 5.74) is 4.23. The molecule has 0 aromatic heterocycles. The highest BCUT2D eigenvalue weighted by Crippen LogP contribution is 2.48. The number of imide groups is 3. The Morgan fingerprint density at radius 2 is 0.753 bits per heavy atom. The number of unbranched alkanes of at least 4 members (excludes halogenated alkanes) is 1. The monoisotopic (exact) mass is 1370 g/mol. The van der Waals surface area contributed by atoms with E-state index in [0.29, 0.717) is 124 Å². The fraction of sp³-hybridized carbons (Fsp3) is 0.268. The van der Waals surface area contributed by atoms with Gasteiger partial charge in [0.1, 0.15) is 31.1 Å². The normalized spacial score (nSPS) is 19.0. The molecule has 6 aliphatic heterocycles. The van der Waals surface area contributed by atoms with Crippen LogP contribution in [-0.4, -0.2) is 152 Å². The van der Waals surface area contributed by atoms with Crippen LogP contribution in [0.5, 0.6) is 11.5 Å². The molecule has 0 radical (unpaired) electrons. The summed E-state index contributed by atoms with van der Waals surface area (Å²) in [6.45, 7) is -0.121. The summed E-state index contributed by atoms with van der Waals surface area (Å²) < 4.78 is 11.6. The van der Waals surface area contributed by atoms with Crippen LogP contribution in [0.2, 0.25) is 0 Å². The molecule has 1 aliphatic carbocycles. The van der Waals surface area contributed by atoms with Crippen LogP contribution in [0.25, 0.3) is 27.5 Å². The van der Waals surface area contributed by atoms with E-state index < -0.39 is 76.9 Å². The lowest BCUT2D eigenvalue weighted by molar-refractivity contribution is -0.141. The number of aliphatic carboxylic acids is 3. The summed E-state index contributed by atoms with van der Waals surface area (Å²) in [7, 11) is 0. The quantitative estimate of drug-likeness (QED) is 0.0445. The predicted molar refractivity (Wildman–Crippen MR) is 365 cm³/mol. The molecule has 26 heteroatoms. The summed E-state index contributed by atoms with van der Waals surface area (Å²) >= 11 is 1.84. The van der Waals surface area contributed by atoms with E-state index in [4.69, 9.17) is 24.8 Å². The highest BCUT2D eigenvalue weighted by atomic mass is 32.2. The number of nitrogens with zero attached hydrogens (tertiary/aromatic N) is 6. The van der Waals surface area contributed by atoms with Crippen molar-refractivity contribution in [1.82, 2.24) is 14.7 Å². The summed E-state index contributed by atoms with van der Waals surface area (Å²) in [4.78, 5) is 154. The van der Waals surface area contributed by atoms with Crippen molar-refractivity contribution in [2.75, 3.05) is 67.2 Å². The number of carboxylic acids is 3. The Balaban J connectivity index is 0.000000148. The van der Waals surface area contributed by atoms with E-state index in [2.05, 4.69) is 0 Å². The molecule has 0 unspecified atom stereocenters. The zero-order valence-electron chi connectivity index (χ0n) is 52.1. The minimum atomic E-state index is -1.30. The minimum absolute atomic E-state index is 0.0217. The Morgan fingerprint density at radius 3 is 1.18 bits per heavy atom. The third-order valence-corrected chi connectivity index (χ3v) is 19.8. The lowest BCUT2D eigenvalue weighted by Gasteiger charge is -2.22. The average Bonchev–Trinajstić information content (AvgIpc) is 1.61. The molecule has 13 rings (SSSR count). The SMILES string of the molecule is O=C(O)CN1C(=O)S/C(=C2\C(=O)N(CCCCC3CCCCC3)c3ccccc32)C1=O.O=C(O)CN1C(=O)S/C(=C2\C(=O)N(CCCOc3ccc4ccccc4c3)c3ccccc32)C1=O.O=C(O)CN1C(=O)S/C(=C2\C(=O)N(CCCOc3ccccc3)c3ccccc32)C1=O. The number of thioether (sulfide) groups is 3. The van der Waals surface area contributed by atoms with Crippen LogP contribution in [0.1, 0.15) is 80.9 Å². The van der Waals surface area contributed by atoms with Gasteiger partial charge >= 0.3 is 17.9 Å². The van der Waals surface area contributed by atoms with Crippen LogP contribution in [-0.2, 0) is 43.2 Å². The Kier molecular flexibility index (Phi) is 21.5. The summed E-state index contributed by atoms with van der Waals surface area (Å²) in [5.74, 6) is -4.90. The van der Waals surface area contributed by atoms with Gasteiger partial charge in [0.05, 0.1) is 61.7 Å². The first-order chi connectivity index (χ1) is 46.9. The van der Waals surface area contributed by atoms with Crippen LogP contribution in [0.3, 0.4) is 0 Å². The molecule has 9 amide bonds. The van der Waals surface area contributed by atoms with Gasteiger partial charge in [0.15, 0.2) is 0 Å². The number of hydrogen-bond acceptors (Lipinski definition) is 17. The largest absolute Gasteiger partial charge is 0.494 e.